The van der Waals surface area contributed by atoms with Crippen LogP contribution in [0, 0.1) is 6.92 Å². The lowest BCUT2D eigenvalue weighted by Gasteiger charge is -2.20. The minimum atomic E-state index is 0.223. The van der Waals surface area contributed by atoms with Crippen LogP contribution in [0.2, 0.25) is 0 Å². The Morgan fingerprint density at radius 3 is 2.69 bits per heavy atom. The van der Waals surface area contributed by atoms with Gasteiger partial charge in [-0.15, -0.1) is 0 Å². The molecule has 0 saturated heterocycles. The minimum absolute atomic E-state index is 0.223. The van der Waals surface area contributed by atoms with Gasteiger partial charge in [0.25, 0.3) is 0 Å². The Hall–Kier alpha value is -0.870. The number of hydrogen-bond acceptors (Lipinski definition) is 3. The molecule has 0 aliphatic rings. The van der Waals surface area contributed by atoms with Gasteiger partial charge in [-0.2, -0.15) is 5.10 Å². The number of hydrogen-bond donors (Lipinski definition) is 1. The summed E-state index contributed by atoms with van der Waals surface area (Å²) in [5.41, 5.74) is 2.26. The summed E-state index contributed by atoms with van der Waals surface area (Å²) in [6, 6.07) is 2.11. The molecule has 0 spiro atoms. The number of aryl methyl sites for hydroxylation is 2. The van der Waals surface area contributed by atoms with Crippen LogP contribution in [0.4, 0.5) is 0 Å². The lowest BCUT2D eigenvalue weighted by molar-refractivity contribution is 0.185. The second-order valence-corrected chi connectivity index (χ2v) is 4.25. The zero-order chi connectivity index (χ0) is 12.0. The van der Waals surface area contributed by atoms with Gasteiger partial charge in [-0.3, -0.25) is 9.58 Å². The van der Waals surface area contributed by atoms with Crippen LogP contribution in [-0.2, 0) is 13.6 Å². The maximum Gasteiger partial charge on any atom is 0.0597 e. The largest absolute Gasteiger partial charge is 0.395 e. The molecule has 1 aromatic rings. The Labute approximate surface area is 97.9 Å². The van der Waals surface area contributed by atoms with Crippen molar-refractivity contribution in [2.75, 3.05) is 19.7 Å². The summed E-state index contributed by atoms with van der Waals surface area (Å²) >= 11 is 0. The molecule has 0 aliphatic carbocycles. The summed E-state index contributed by atoms with van der Waals surface area (Å²) in [5.74, 6) is 0. The highest BCUT2D eigenvalue weighted by atomic mass is 16.3. The van der Waals surface area contributed by atoms with Crippen LogP contribution in [0.25, 0.3) is 0 Å². The van der Waals surface area contributed by atoms with Crippen LogP contribution in [0.1, 0.15) is 31.2 Å². The van der Waals surface area contributed by atoms with Gasteiger partial charge in [0.1, 0.15) is 0 Å². The number of aliphatic hydroxyl groups excluding tert-OH is 1. The normalized spacial score (nSPS) is 11.3. The van der Waals surface area contributed by atoms with E-state index in [1.807, 2.05) is 18.7 Å². The smallest absolute Gasteiger partial charge is 0.0597 e. The van der Waals surface area contributed by atoms with Crippen LogP contribution < -0.4 is 0 Å². The van der Waals surface area contributed by atoms with Crippen molar-refractivity contribution in [1.29, 1.82) is 0 Å². The van der Waals surface area contributed by atoms with E-state index in [9.17, 15) is 0 Å². The van der Waals surface area contributed by atoms with Gasteiger partial charge < -0.3 is 5.11 Å². The molecule has 0 atom stereocenters. The van der Waals surface area contributed by atoms with Crippen molar-refractivity contribution in [3.63, 3.8) is 0 Å². The average molecular weight is 225 g/mol. The second kappa shape index (κ2) is 6.66. The van der Waals surface area contributed by atoms with E-state index < -0.39 is 0 Å². The summed E-state index contributed by atoms with van der Waals surface area (Å²) in [4.78, 5) is 2.28. The van der Waals surface area contributed by atoms with Crippen LogP contribution in [0.15, 0.2) is 6.07 Å². The quantitative estimate of drug-likeness (QED) is 0.761. The molecule has 0 radical (unpaired) electrons. The second-order valence-electron chi connectivity index (χ2n) is 4.25. The number of nitrogens with zero attached hydrogens (tertiary/aromatic N) is 3. The van der Waals surface area contributed by atoms with Crippen LogP contribution in [-0.4, -0.2) is 39.5 Å². The summed E-state index contributed by atoms with van der Waals surface area (Å²) < 4.78 is 1.92. The Morgan fingerprint density at radius 1 is 1.44 bits per heavy atom. The van der Waals surface area contributed by atoms with E-state index in [0.29, 0.717) is 0 Å². The van der Waals surface area contributed by atoms with Gasteiger partial charge in [0.15, 0.2) is 0 Å². The van der Waals surface area contributed by atoms with Gasteiger partial charge in [-0.25, -0.2) is 0 Å². The molecule has 0 amide bonds. The third-order valence-corrected chi connectivity index (χ3v) is 2.73. The van der Waals surface area contributed by atoms with E-state index >= 15 is 0 Å². The maximum atomic E-state index is 9.02. The fraction of sp³-hybridized carbons (Fsp3) is 0.750. The van der Waals surface area contributed by atoms with Crippen molar-refractivity contribution in [2.24, 2.45) is 7.05 Å². The lowest BCUT2D eigenvalue weighted by Crippen LogP contribution is -2.28. The molecule has 1 N–H and O–H groups in total. The van der Waals surface area contributed by atoms with E-state index in [1.54, 1.807) is 0 Å². The van der Waals surface area contributed by atoms with Crippen molar-refractivity contribution in [2.45, 2.75) is 33.2 Å². The van der Waals surface area contributed by atoms with Crippen LogP contribution in [0.5, 0.6) is 0 Å². The molecule has 0 bridgehead atoms. The summed E-state index contributed by atoms with van der Waals surface area (Å²) in [6.07, 6.45) is 2.36. The van der Waals surface area contributed by atoms with Crippen LogP contribution >= 0.6 is 0 Å². The van der Waals surface area contributed by atoms with Gasteiger partial charge in [-0.05, 0) is 26.0 Å². The number of aliphatic hydroxyl groups is 1. The van der Waals surface area contributed by atoms with Gasteiger partial charge in [0.05, 0.1) is 18.0 Å². The molecule has 1 heterocycles. The van der Waals surface area contributed by atoms with Gasteiger partial charge in [0, 0.05) is 20.1 Å². The highest BCUT2D eigenvalue weighted by Crippen LogP contribution is 2.07. The number of unbranched alkanes of at least 4 members (excludes halogenated alkanes) is 1. The Morgan fingerprint density at radius 2 is 2.19 bits per heavy atom. The minimum Gasteiger partial charge on any atom is -0.395 e. The molecule has 0 unspecified atom stereocenters. The summed E-state index contributed by atoms with van der Waals surface area (Å²) in [5, 5.41) is 13.4. The van der Waals surface area contributed by atoms with Gasteiger partial charge >= 0.3 is 0 Å². The van der Waals surface area contributed by atoms with Gasteiger partial charge in [-0.1, -0.05) is 13.3 Å². The van der Waals surface area contributed by atoms with Crippen LogP contribution in [0.3, 0.4) is 0 Å². The molecular weight excluding hydrogens is 202 g/mol. The first-order valence-electron chi connectivity index (χ1n) is 6.00. The fourth-order valence-electron chi connectivity index (χ4n) is 1.83. The van der Waals surface area contributed by atoms with Crippen molar-refractivity contribution >= 4 is 0 Å². The van der Waals surface area contributed by atoms with E-state index in [0.717, 1.165) is 25.3 Å². The third-order valence-electron chi connectivity index (χ3n) is 2.73. The number of aromatic nitrogens is 2. The molecular formula is C12H23N3O. The Balaban J connectivity index is 2.56. The zero-order valence-electron chi connectivity index (χ0n) is 10.6. The average Bonchev–Trinajstić information content (AvgIpc) is 2.54. The fourth-order valence-corrected chi connectivity index (χ4v) is 1.83. The number of rotatable bonds is 7. The first-order chi connectivity index (χ1) is 7.67. The van der Waals surface area contributed by atoms with E-state index in [1.165, 1.54) is 18.5 Å². The Bertz CT molecular complexity index is 309. The highest BCUT2D eigenvalue weighted by Gasteiger charge is 2.08. The molecule has 92 valence electrons. The molecule has 0 fully saturated rings. The molecule has 0 aliphatic heterocycles. The maximum absolute atomic E-state index is 9.02. The predicted octanol–water partition coefficient (Wildman–Crippen LogP) is 1.32. The van der Waals surface area contributed by atoms with Gasteiger partial charge in [0.2, 0.25) is 0 Å². The standard InChI is InChI=1S/C12H23N3O/c1-4-5-6-15(7-8-16)10-12-9-11(2)13-14(12)3/h9,16H,4-8,10H2,1-3H3. The summed E-state index contributed by atoms with van der Waals surface area (Å²) in [6.45, 7) is 7.07. The third kappa shape index (κ3) is 3.94. The molecule has 1 rings (SSSR count). The first kappa shape index (κ1) is 13.2. The van der Waals surface area contributed by atoms with Crippen molar-refractivity contribution in [3.8, 4) is 0 Å². The molecule has 0 saturated carbocycles. The Kier molecular flexibility index (Phi) is 5.49. The SMILES string of the molecule is CCCCN(CCO)Cc1cc(C)nn1C. The summed E-state index contributed by atoms with van der Waals surface area (Å²) in [7, 11) is 1.97. The molecule has 1 aromatic heterocycles. The van der Waals surface area contributed by atoms with Crippen molar-refractivity contribution in [1.82, 2.24) is 14.7 Å². The van der Waals surface area contributed by atoms with E-state index in [4.69, 9.17) is 5.11 Å². The topological polar surface area (TPSA) is 41.3 Å². The molecule has 4 heteroatoms. The first-order valence-corrected chi connectivity index (χ1v) is 6.00. The lowest BCUT2D eigenvalue weighted by atomic mass is 10.3. The highest BCUT2D eigenvalue weighted by molar-refractivity contribution is 5.08. The van der Waals surface area contributed by atoms with E-state index in [2.05, 4.69) is 23.0 Å². The zero-order valence-corrected chi connectivity index (χ0v) is 10.6. The molecule has 0 aromatic carbocycles. The monoisotopic (exact) mass is 225 g/mol. The predicted molar refractivity (Wildman–Crippen MR) is 65.2 cm³/mol. The molecule has 4 nitrogen and oxygen atoms in total. The van der Waals surface area contributed by atoms with Crippen molar-refractivity contribution < 1.29 is 5.11 Å². The van der Waals surface area contributed by atoms with Crippen molar-refractivity contribution in [3.05, 3.63) is 17.5 Å². The van der Waals surface area contributed by atoms with E-state index in [-0.39, 0.29) is 6.61 Å². The molecule has 16 heavy (non-hydrogen) atoms.